The predicted molar refractivity (Wildman–Crippen MR) is 98.7 cm³/mol. The lowest BCUT2D eigenvalue weighted by Crippen LogP contribution is -2.08. The number of rotatable bonds is 8. The van der Waals surface area contributed by atoms with Gasteiger partial charge >= 0.3 is 5.97 Å². The first kappa shape index (κ1) is 18.3. The van der Waals surface area contributed by atoms with Gasteiger partial charge in [-0.3, -0.25) is 5.10 Å². The number of ether oxygens (including phenoxy) is 1. The molecule has 0 unspecified atom stereocenters. The number of aliphatic hydroxyl groups excluding tert-OH is 1. The molecule has 0 saturated carbocycles. The number of aromatic amines is 1. The second kappa shape index (κ2) is 8.72. The van der Waals surface area contributed by atoms with Crippen molar-refractivity contribution in [1.29, 1.82) is 0 Å². The Labute approximate surface area is 155 Å². The van der Waals surface area contributed by atoms with E-state index in [0.29, 0.717) is 36.2 Å². The van der Waals surface area contributed by atoms with Crippen molar-refractivity contribution >= 4 is 23.7 Å². The van der Waals surface area contributed by atoms with Crippen molar-refractivity contribution in [3.8, 4) is 11.3 Å². The summed E-state index contributed by atoms with van der Waals surface area (Å²) in [6, 6.07) is 8.78. The zero-order valence-electron chi connectivity index (χ0n) is 14.6. The molecule has 0 aliphatic rings. The number of aliphatic hydroxyl groups is 1. The van der Waals surface area contributed by atoms with Crippen LogP contribution in [0.3, 0.4) is 0 Å². The molecule has 0 fully saturated rings. The van der Waals surface area contributed by atoms with Gasteiger partial charge in [0.25, 0.3) is 0 Å². The maximum atomic E-state index is 11.5. The minimum atomic E-state index is -0.383. The van der Waals surface area contributed by atoms with Crippen LogP contribution in [0, 0.1) is 0 Å². The molecule has 0 amide bonds. The summed E-state index contributed by atoms with van der Waals surface area (Å²) in [5, 5.41) is 21.9. The maximum absolute atomic E-state index is 11.5. The van der Waals surface area contributed by atoms with Crippen LogP contribution in [0.5, 0.6) is 0 Å². The van der Waals surface area contributed by atoms with Gasteiger partial charge in [-0.05, 0) is 24.1 Å². The summed E-state index contributed by atoms with van der Waals surface area (Å²) in [5.74, 6) is 0.909. The first-order valence-corrected chi connectivity index (χ1v) is 8.24. The average molecular weight is 369 g/mol. The molecule has 3 rings (SSSR count). The second-order valence-corrected chi connectivity index (χ2v) is 5.50. The lowest BCUT2D eigenvalue weighted by Gasteiger charge is -2.05. The highest BCUT2D eigenvalue weighted by atomic mass is 16.5. The highest BCUT2D eigenvalue weighted by Gasteiger charge is 2.09. The smallest absolute Gasteiger partial charge is 0.337 e. The maximum Gasteiger partial charge on any atom is 0.337 e. The third-order valence-electron chi connectivity index (χ3n) is 3.62. The van der Waals surface area contributed by atoms with Crippen LogP contribution in [0.4, 0.5) is 17.7 Å². The third-order valence-corrected chi connectivity index (χ3v) is 3.62. The van der Waals surface area contributed by atoms with E-state index in [-0.39, 0.29) is 12.6 Å². The van der Waals surface area contributed by atoms with Gasteiger partial charge in [0.1, 0.15) is 6.33 Å². The molecule has 0 saturated heterocycles. The van der Waals surface area contributed by atoms with E-state index in [2.05, 4.69) is 40.5 Å². The zero-order valence-corrected chi connectivity index (χ0v) is 14.6. The molecule has 2 heterocycles. The number of carbonyl (C=O) groups is 1. The van der Waals surface area contributed by atoms with Crippen molar-refractivity contribution in [2.24, 2.45) is 0 Å². The van der Waals surface area contributed by atoms with E-state index in [9.17, 15) is 4.79 Å². The van der Waals surface area contributed by atoms with Crippen molar-refractivity contribution in [1.82, 2.24) is 25.1 Å². The summed E-state index contributed by atoms with van der Waals surface area (Å²) in [6.45, 7) is 0.661. The van der Waals surface area contributed by atoms with Gasteiger partial charge in [0.05, 0.1) is 18.4 Å². The summed E-state index contributed by atoms with van der Waals surface area (Å²) in [4.78, 5) is 23.8. The van der Waals surface area contributed by atoms with Gasteiger partial charge in [0.15, 0.2) is 5.82 Å². The van der Waals surface area contributed by atoms with Gasteiger partial charge in [0, 0.05) is 19.2 Å². The molecule has 4 N–H and O–H groups in total. The summed E-state index contributed by atoms with van der Waals surface area (Å²) < 4.78 is 4.69. The zero-order chi connectivity index (χ0) is 19.1. The Bertz CT molecular complexity index is 896. The van der Waals surface area contributed by atoms with E-state index in [1.165, 1.54) is 13.4 Å². The molecule has 0 bridgehead atoms. The lowest BCUT2D eigenvalue weighted by atomic mass is 10.1. The van der Waals surface area contributed by atoms with Gasteiger partial charge in [-0.25, -0.2) is 14.8 Å². The van der Waals surface area contributed by atoms with Gasteiger partial charge in [-0.15, -0.1) is 0 Å². The number of hydrogen-bond acceptors (Lipinski definition) is 9. The van der Waals surface area contributed by atoms with E-state index in [0.717, 1.165) is 11.3 Å². The normalized spacial score (nSPS) is 10.4. The SMILES string of the molecule is COC(=O)c1ccc(-c2cc(Nc3ncnc(NCCCO)n3)n[nH]2)cc1. The molecule has 0 aliphatic carbocycles. The van der Waals surface area contributed by atoms with Crippen LogP contribution in [-0.2, 0) is 4.74 Å². The number of methoxy groups -OCH3 is 1. The molecule has 0 aliphatic heterocycles. The Hall–Kier alpha value is -3.53. The topological polar surface area (TPSA) is 138 Å². The number of nitrogens with one attached hydrogen (secondary N) is 3. The molecule has 2 aromatic heterocycles. The molecule has 140 valence electrons. The van der Waals surface area contributed by atoms with Crippen LogP contribution in [-0.4, -0.2) is 56.5 Å². The molecular formula is C17H19N7O3. The number of H-pyrrole nitrogens is 1. The predicted octanol–water partition coefficient (Wildman–Crippen LogP) is 1.59. The third kappa shape index (κ3) is 4.76. The van der Waals surface area contributed by atoms with Crippen molar-refractivity contribution < 1.29 is 14.6 Å². The van der Waals surface area contributed by atoms with Crippen LogP contribution in [0.15, 0.2) is 36.7 Å². The minimum Gasteiger partial charge on any atom is -0.465 e. The van der Waals surface area contributed by atoms with Gasteiger partial charge < -0.3 is 20.5 Å². The fourth-order valence-electron chi connectivity index (χ4n) is 2.27. The van der Waals surface area contributed by atoms with Crippen molar-refractivity contribution in [2.75, 3.05) is 30.9 Å². The van der Waals surface area contributed by atoms with Crippen LogP contribution in [0.1, 0.15) is 16.8 Å². The molecule has 3 aromatic rings. The Morgan fingerprint density at radius 2 is 2.00 bits per heavy atom. The first-order valence-electron chi connectivity index (χ1n) is 8.24. The Morgan fingerprint density at radius 3 is 2.74 bits per heavy atom. The van der Waals surface area contributed by atoms with Gasteiger partial charge in [0.2, 0.25) is 11.9 Å². The largest absolute Gasteiger partial charge is 0.465 e. The highest BCUT2D eigenvalue weighted by molar-refractivity contribution is 5.89. The fraction of sp³-hybridized carbons (Fsp3) is 0.235. The highest BCUT2D eigenvalue weighted by Crippen LogP contribution is 2.21. The first-order chi connectivity index (χ1) is 13.2. The molecule has 0 radical (unpaired) electrons. The average Bonchev–Trinajstić information content (AvgIpc) is 3.16. The lowest BCUT2D eigenvalue weighted by molar-refractivity contribution is 0.0600. The quantitative estimate of drug-likeness (QED) is 0.344. The molecule has 0 spiro atoms. The Kier molecular flexibility index (Phi) is 5.90. The monoisotopic (exact) mass is 369 g/mol. The molecule has 10 heteroatoms. The van der Waals surface area contributed by atoms with E-state index in [1.54, 1.807) is 30.3 Å². The van der Waals surface area contributed by atoms with Gasteiger partial charge in [-0.2, -0.15) is 10.1 Å². The number of hydrogen-bond donors (Lipinski definition) is 4. The summed E-state index contributed by atoms with van der Waals surface area (Å²) in [6.07, 6.45) is 1.99. The molecule has 27 heavy (non-hydrogen) atoms. The van der Waals surface area contributed by atoms with Crippen LogP contribution in [0.25, 0.3) is 11.3 Å². The summed E-state index contributed by atoms with van der Waals surface area (Å²) in [7, 11) is 1.35. The summed E-state index contributed by atoms with van der Waals surface area (Å²) in [5.41, 5.74) is 2.11. The molecular weight excluding hydrogens is 350 g/mol. The van der Waals surface area contributed by atoms with Gasteiger partial charge in [-0.1, -0.05) is 12.1 Å². The summed E-state index contributed by atoms with van der Waals surface area (Å²) >= 11 is 0. The minimum absolute atomic E-state index is 0.0971. The van der Waals surface area contributed by atoms with Crippen molar-refractivity contribution in [2.45, 2.75) is 6.42 Å². The van der Waals surface area contributed by atoms with Crippen LogP contribution >= 0.6 is 0 Å². The number of aromatic nitrogens is 5. The molecule has 10 nitrogen and oxygen atoms in total. The Morgan fingerprint density at radius 1 is 1.22 bits per heavy atom. The van der Waals surface area contributed by atoms with E-state index in [4.69, 9.17) is 5.11 Å². The second-order valence-electron chi connectivity index (χ2n) is 5.50. The van der Waals surface area contributed by atoms with Crippen molar-refractivity contribution in [3.05, 3.63) is 42.2 Å². The van der Waals surface area contributed by atoms with E-state index in [1.807, 2.05) is 0 Å². The van der Waals surface area contributed by atoms with E-state index >= 15 is 0 Å². The number of esters is 1. The number of carbonyl (C=O) groups excluding carboxylic acids is 1. The van der Waals surface area contributed by atoms with Crippen LogP contribution < -0.4 is 10.6 Å². The fourth-order valence-corrected chi connectivity index (χ4v) is 2.27. The standard InChI is InChI=1S/C17H19N7O3/c1-27-15(26)12-5-3-11(4-6-12)13-9-14(24-23-13)21-17-20-10-19-16(22-17)18-7-2-8-25/h3-6,9-10,25H,2,7-8H2,1H3,(H3,18,19,20,21,22,23,24). The van der Waals surface area contributed by atoms with Crippen molar-refractivity contribution in [3.63, 3.8) is 0 Å². The molecule has 0 atom stereocenters. The number of anilines is 3. The Balaban J connectivity index is 1.67. The van der Waals surface area contributed by atoms with Crippen LogP contribution in [0.2, 0.25) is 0 Å². The molecule has 1 aromatic carbocycles. The number of nitrogens with zero attached hydrogens (tertiary/aromatic N) is 4. The van der Waals surface area contributed by atoms with E-state index < -0.39 is 0 Å². The number of benzene rings is 1.